The van der Waals surface area contributed by atoms with Crippen molar-refractivity contribution in [3.63, 3.8) is 0 Å². The molecule has 2 nitrogen and oxygen atoms in total. The van der Waals surface area contributed by atoms with Crippen LogP contribution in [0.3, 0.4) is 0 Å². The van der Waals surface area contributed by atoms with E-state index in [-0.39, 0.29) is 0 Å². The van der Waals surface area contributed by atoms with Gasteiger partial charge in [-0.3, -0.25) is 0 Å². The molecule has 0 aromatic carbocycles. The fraction of sp³-hybridized carbons (Fsp3) is 1.00. The first-order valence-electron chi connectivity index (χ1n) is 3.59. The first-order chi connectivity index (χ1) is 4.18. The van der Waals surface area contributed by atoms with Crippen LogP contribution < -0.4 is 5.73 Å². The van der Waals surface area contributed by atoms with Crippen molar-refractivity contribution in [2.24, 2.45) is 11.7 Å². The van der Waals surface area contributed by atoms with Crippen LogP contribution in [0.1, 0.15) is 12.8 Å². The quantitative estimate of drug-likeness (QED) is 0.579. The predicted molar refractivity (Wildman–Crippen MR) is 39.3 cm³/mol. The Bertz CT molecular complexity index is 84.9. The Hall–Kier alpha value is -0.0800. The Kier molecular flexibility index (Phi) is 2.09. The van der Waals surface area contributed by atoms with Crippen molar-refractivity contribution >= 4 is 0 Å². The summed E-state index contributed by atoms with van der Waals surface area (Å²) in [5.41, 5.74) is 5.63. The van der Waals surface area contributed by atoms with E-state index in [4.69, 9.17) is 5.73 Å². The lowest BCUT2D eigenvalue weighted by molar-refractivity contribution is 0.202. The number of hydrogen-bond donors (Lipinski definition) is 1. The van der Waals surface area contributed by atoms with Gasteiger partial charge in [0.1, 0.15) is 0 Å². The third-order valence-electron chi connectivity index (χ3n) is 1.90. The molecule has 1 rings (SSSR count). The molecule has 1 aliphatic carbocycles. The summed E-state index contributed by atoms with van der Waals surface area (Å²) in [6, 6.07) is 0.509. The van der Waals surface area contributed by atoms with Crippen molar-refractivity contribution in [1.82, 2.24) is 4.90 Å². The third kappa shape index (κ3) is 1.95. The van der Waals surface area contributed by atoms with E-state index >= 15 is 0 Å². The second kappa shape index (κ2) is 2.67. The topological polar surface area (TPSA) is 29.3 Å². The molecule has 0 unspecified atom stereocenters. The van der Waals surface area contributed by atoms with Gasteiger partial charge in [0.25, 0.3) is 0 Å². The fourth-order valence-corrected chi connectivity index (χ4v) is 1.45. The Labute approximate surface area is 57.0 Å². The summed E-state index contributed by atoms with van der Waals surface area (Å²) >= 11 is 0. The van der Waals surface area contributed by atoms with Gasteiger partial charge < -0.3 is 10.6 Å². The van der Waals surface area contributed by atoms with Crippen molar-refractivity contribution in [1.29, 1.82) is 0 Å². The standard InChI is InChI=1S/C7H16N2/c1-9(2)5-6-3-7(8)4-6/h6-7H,3-5,8H2,1-2H3/t6-,7-. The van der Waals surface area contributed by atoms with Gasteiger partial charge in [0.15, 0.2) is 0 Å². The van der Waals surface area contributed by atoms with Crippen LogP contribution in [-0.4, -0.2) is 31.6 Å². The van der Waals surface area contributed by atoms with Crippen molar-refractivity contribution in [2.75, 3.05) is 20.6 Å². The number of nitrogens with two attached hydrogens (primary N) is 1. The highest BCUT2D eigenvalue weighted by atomic mass is 15.1. The van der Waals surface area contributed by atoms with Gasteiger partial charge in [0, 0.05) is 12.6 Å². The van der Waals surface area contributed by atoms with Gasteiger partial charge in [-0.05, 0) is 32.9 Å². The molecule has 0 spiro atoms. The molecule has 0 radical (unpaired) electrons. The minimum absolute atomic E-state index is 0.509. The second-order valence-corrected chi connectivity index (χ2v) is 3.36. The summed E-state index contributed by atoms with van der Waals surface area (Å²) in [6.45, 7) is 1.22. The van der Waals surface area contributed by atoms with E-state index in [9.17, 15) is 0 Å². The zero-order valence-electron chi connectivity index (χ0n) is 6.30. The largest absolute Gasteiger partial charge is 0.328 e. The lowest BCUT2D eigenvalue weighted by Crippen LogP contribution is -2.40. The number of rotatable bonds is 2. The molecular weight excluding hydrogens is 112 g/mol. The predicted octanol–water partition coefficient (Wildman–Crippen LogP) is 0.285. The summed E-state index contributed by atoms with van der Waals surface area (Å²) in [6.07, 6.45) is 2.47. The van der Waals surface area contributed by atoms with Crippen LogP contribution >= 0.6 is 0 Å². The normalized spacial score (nSPS) is 34.7. The van der Waals surface area contributed by atoms with Gasteiger partial charge in [0.05, 0.1) is 0 Å². The highest BCUT2D eigenvalue weighted by molar-refractivity contribution is 4.82. The Balaban J connectivity index is 2.04. The highest BCUT2D eigenvalue weighted by Crippen LogP contribution is 2.25. The summed E-state index contributed by atoms with van der Waals surface area (Å²) in [5.74, 6) is 0.884. The van der Waals surface area contributed by atoms with E-state index in [1.54, 1.807) is 0 Å². The Morgan fingerprint density at radius 3 is 2.33 bits per heavy atom. The van der Waals surface area contributed by atoms with Gasteiger partial charge in [-0.25, -0.2) is 0 Å². The van der Waals surface area contributed by atoms with E-state index < -0.39 is 0 Å². The molecule has 0 atom stereocenters. The average molecular weight is 128 g/mol. The van der Waals surface area contributed by atoms with Crippen LogP contribution in [0.2, 0.25) is 0 Å². The zero-order chi connectivity index (χ0) is 6.85. The summed E-state index contributed by atoms with van der Waals surface area (Å²) in [7, 11) is 4.23. The summed E-state index contributed by atoms with van der Waals surface area (Å²) in [4.78, 5) is 2.23. The van der Waals surface area contributed by atoms with E-state index in [0.717, 1.165) is 5.92 Å². The maximum Gasteiger partial charge on any atom is 0.00450 e. The maximum absolute atomic E-state index is 5.63. The minimum atomic E-state index is 0.509. The van der Waals surface area contributed by atoms with Crippen LogP contribution in [-0.2, 0) is 0 Å². The molecule has 9 heavy (non-hydrogen) atoms. The van der Waals surface area contributed by atoms with E-state index in [0.29, 0.717) is 6.04 Å². The molecule has 0 amide bonds. The van der Waals surface area contributed by atoms with Crippen LogP contribution in [0.5, 0.6) is 0 Å². The molecule has 0 bridgehead atoms. The lowest BCUT2D eigenvalue weighted by atomic mass is 9.81. The van der Waals surface area contributed by atoms with Crippen molar-refractivity contribution < 1.29 is 0 Å². The molecule has 1 aliphatic rings. The minimum Gasteiger partial charge on any atom is -0.328 e. The third-order valence-corrected chi connectivity index (χ3v) is 1.90. The lowest BCUT2D eigenvalue weighted by Gasteiger charge is -2.34. The monoisotopic (exact) mass is 128 g/mol. The number of hydrogen-bond acceptors (Lipinski definition) is 2. The van der Waals surface area contributed by atoms with Crippen LogP contribution in [0.4, 0.5) is 0 Å². The van der Waals surface area contributed by atoms with Crippen LogP contribution in [0.25, 0.3) is 0 Å². The molecule has 0 saturated heterocycles. The van der Waals surface area contributed by atoms with Gasteiger partial charge in [-0.1, -0.05) is 0 Å². The Morgan fingerprint density at radius 1 is 1.44 bits per heavy atom. The molecule has 0 aromatic rings. The summed E-state index contributed by atoms with van der Waals surface area (Å²) in [5, 5.41) is 0. The molecule has 1 fully saturated rings. The molecule has 0 heterocycles. The average Bonchev–Trinajstić information content (AvgIpc) is 1.60. The second-order valence-electron chi connectivity index (χ2n) is 3.36. The van der Waals surface area contributed by atoms with Gasteiger partial charge in [0.2, 0.25) is 0 Å². The molecule has 0 aromatic heterocycles. The molecule has 1 saturated carbocycles. The molecule has 2 heteroatoms. The van der Waals surface area contributed by atoms with E-state index in [1.165, 1.54) is 19.4 Å². The van der Waals surface area contributed by atoms with Crippen LogP contribution in [0, 0.1) is 5.92 Å². The zero-order valence-corrected chi connectivity index (χ0v) is 6.30. The van der Waals surface area contributed by atoms with Crippen molar-refractivity contribution in [2.45, 2.75) is 18.9 Å². The van der Waals surface area contributed by atoms with Gasteiger partial charge in [-0.15, -0.1) is 0 Å². The Morgan fingerprint density at radius 2 is 2.00 bits per heavy atom. The van der Waals surface area contributed by atoms with E-state index in [1.807, 2.05) is 0 Å². The van der Waals surface area contributed by atoms with Gasteiger partial charge >= 0.3 is 0 Å². The first kappa shape index (κ1) is 7.03. The fourth-order valence-electron chi connectivity index (χ4n) is 1.45. The van der Waals surface area contributed by atoms with Crippen LogP contribution in [0.15, 0.2) is 0 Å². The van der Waals surface area contributed by atoms with Gasteiger partial charge in [-0.2, -0.15) is 0 Å². The summed E-state index contributed by atoms with van der Waals surface area (Å²) < 4.78 is 0. The number of nitrogens with zero attached hydrogens (tertiary/aromatic N) is 1. The molecule has 54 valence electrons. The smallest absolute Gasteiger partial charge is 0.00450 e. The molecular formula is C7H16N2. The van der Waals surface area contributed by atoms with Crippen molar-refractivity contribution in [3.05, 3.63) is 0 Å². The molecule has 2 N–H and O–H groups in total. The SMILES string of the molecule is CN(C)C[C@H]1C[C@H](N)C1. The highest BCUT2D eigenvalue weighted by Gasteiger charge is 2.25. The van der Waals surface area contributed by atoms with Crippen molar-refractivity contribution in [3.8, 4) is 0 Å². The first-order valence-corrected chi connectivity index (χ1v) is 3.59. The van der Waals surface area contributed by atoms with E-state index in [2.05, 4.69) is 19.0 Å². The molecule has 0 aliphatic heterocycles. The maximum atomic E-state index is 5.63.